The van der Waals surface area contributed by atoms with E-state index in [1.165, 1.54) is 0 Å². The quantitative estimate of drug-likeness (QED) is 0.396. The number of rotatable bonds is 10. The lowest BCUT2D eigenvalue weighted by atomic mass is 10.1. The molecule has 0 aromatic heterocycles. The summed E-state index contributed by atoms with van der Waals surface area (Å²) in [5.74, 6) is 2.38. The molecule has 1 aliphatic heterocycles. The number of nitrogens with zero attached hydrogens (tertiary/aromatic N) is 2. The highest BCUT2D eigenvalue weighted by atomic mass is 16.5. The minimum absolute atomic E-state index is 0.117. The molecule has 2 rings (SSSR count). The molecule has 1 aromatic rings. The van der Waals surface area contributed by atoms with E-state index in [1.54, 1.807) is 14.2 Å². The normalized spacial score (nSPS) is 15.5. The Kier molecular flexibility index (Phi) is 10.3. The number of hydrogen-bond acceptors (Lipinski definition) is 5. The van der Waals surface area contributed by atoms with Crippen LogP contribution in [0.5, 0.6) is 11.5 Å². The summed E-state index contributed by atoms with van der Waals surface area (Å²) < 4.78 is 11.0. The maximum absolute atomic E-state index is 11.9. The molecular weight excluding hydrogens is 382 g/mol. The van der Waals surface area contributed by atoms with Gasteiger partial charge in [0.05, 0.1) is 20.3 Å². The van der Waals surface area contributed by atoms with Crippen LogP contribution in [0.4, 0.5) is 0 Å². The molecule has 8 heteroatoms. The fourth-order valence-corrected chi connectivity index (χ4v) is 3.43. The molecule has 1 amide bonds. The predicted molar refractivity (Wildman–Crippen MR) is 120 cm³/mol. The molecule has 1 heterocycles. The fourth-order valence-electron chi connectivity index (χ4n) is 3.43. The molecular formula is C22H37N5O3. The van der Waals surface area contributed by atoms with E-state index in [1.807, 2.05) is 25.1 Å². The number of carbonyl (C=O) groups excluding carboxylic acids is 1. The van der Waals surface area contributed by atoms with Gasteiger partial charge >= 0.3 is 0 Å². The third-order valence-electron chi connectivity index (χ3n) is 5.08. The largest absolute Gasteiger partial charge is 0.493 e. The third kappa shape index (κ3) is 7.74. The topological polar surface area (TPSA) is 87.2 Å². The first-order valence-electron chi connectivity index (χ1n) is 10.9. The van der Waals surface area contributed by atoms with Crippen molar-refractivity contribution in [3.63, 3.8) is 0 Å². The lowest BCUT2D eigenvalue weighted by Crippen LogP contribution is -2.50. The monoisotopic (exact) mass is 419 g/mol. The SMILES string of the molecule is CCCNC(=O)CN1CCC(NC(=NC)NCc2ccc(OC)c(OCC)c2)CC1. The Labute approximate surface area is 180 Å². The van der Waals surface area contributed by atoms with Gasteiger partial charge in [0.1, 0.15) is 0 Å². The van der Waals surface area contributed by atoms with Crippen molar-refractivity contribution >= 4 is 11.9 Å². The maximum atomic E-state index is 11.9. The maximum Gasteiger partial charge on any atom is 0.234 e. The van der Waals surface area contributed by atoms with Gasteiger partial charge in [-0.25, -0.2) is 0 Å². The van der Waals surface area contributed by atoms with Crippen LogP contribution in [0.3, 0.4) is 0 Å². The fraction of sp³-hybridized carbons (Fsp3) is 0.636. The van der Waals surface area contributed by atoms with E-state index in [0.29, 0.717) is 25.7 Å². The van der Waals surface area contributed by atoms with Gasteiger partial charge in [-0.15, -0.1) is 0 Å². The van der Waals surface area contributed by atoms with Gasteiger partial charge in [-0.1, -0.05) is 13.0 Å². The van der Waals surface area contributed by atoms with Crippen LogP contribution in [0, 0.1) is 0 Å². The second-order valence-corrected chi connectivity index (χ2v) is 7.39. The molecule has 3 N–H and O–H groups in total. The zero-order chi connectivity index (χ0) is 21.8. The molecule has 0 saturated carbocycles. The summed E-state index contributed by atoms with van der Waals surface area (Å²) in [6, 6.07) is 6.28. The number of benzene rings is 1. The van der Waals surface area contributed by atoms with Crippen molar-refractivity contribution < 1.29 is 14.3 Å². The Hall–Kier alpha value is -2.48. The van der Waals surface area contributed by atoms with Crippen molar-refractivity contribution in [1.29, 1.82) is 0 Å². The van der Waals surface area contributed by atoms with E-state index >= 15 is 0 Å². The number of piperidine rings is 1. The summed E-state index contributed by atoms with van der Waals surface area (Å²) in [6.07, 6.45) is 2.94. The number of likely N-dealkylation sites (tertiary alicyclic amines) is 1. The molecule has 1 aromatic carbocycles. The molecule has 1 aliphatic rings. The number of aliphatic imine (C=N–C) groups is 1. The van der Waals surface area contributed by atoms with Crippen molar-refractivity contribution in [1.82, 2.24) is 20.9 Å². The molecule has 1 fully saturated rings. The number of methoxy groups -OCH3 is 1. The average Bonchev–Trinajstić information content (AvgIpc) is 2.76. The second-order valence-electron chi connectivity index (χ2n) is 7.39. The number of ether oxygens (including phenoxy) is 2. The summed E-state index contributed by atoms with van der Waals surface area (Å²) >= 11 is 0. The van der Waals surface area contributed by atoms with Gasteiger partial charge in [0, 0.05) is 39.3 Å². The van der Waals surface area contributed by atoms with E-state index < -0.39 is 0 Å². The highest BCUT2D eigenvalue weighted by Gasteiger charge is 2.21. The molecule has 0 spiro atoms. The van der Waals surface area contributed by atoms with Crippen LogP contribution >= 0.6 is 0 Å². The molecule has 8 nitrogen and oxygen atoms in total. The standard InChI is InChI=1S/C22H37N5O3/c1-5-11-24-21(28)16-27-12-9-18(10-13-27)26-22(23-3)25-15-17-7-8-19(29-4)20(14-17)30-6-2/h7-8,14,18H,5-6,9-13,15-16H2,1-4H3,(H,24,28)(H2,23,25,26). The molecule has 168 valence electrons. The van der Waals surface area contributed by atoms with Crippen LogP contribution in [0.25, 0.3) is 0 Å². The van der Waals surface area contributed by atoms with Gasteiger partial charge in [-0.3, -0.25) is 14.7 Å². The van der Waals surface area contributed by atoms with Gasteiger partial charge in [0.15, 0.2) is 17.5 Å². The number of hydrogen-bond donors (Lipinski definition) is 3. The van der Waals surface area contributed by atoms with Crippen LogP contribution in [0.1, 0.15) is 38.7 Å². The molecule has 0 unspecified atom stereocenters. The Balaban J connectivity index is 1.78. The predicted octanol–water partition coefficient (Wildman–Crippen LogP) is 1.75. The summed E-state index contributed by atoms with van der Waals surface area (Å²) in [6.45, 7) is 8.30. The van der Waals surface area contributed by atoms with E-state index in [4.69, 9.17) is 9.47 Å². The van der Waals surface area contributed by atoms with Crippen LogP contribution in [-0.2, 0) is 11.3 Å². The summed E-state index contributed by atoms with van der Waals surface area (Å²) in [4.78, 5) is 18.5. The highest BCUT2D eigenvalue weighted by Crippen LogP contribution is 2.27. The van der Waals surface area contributed by atoms with Crippen molar-refractivity contribution in [2.24, 2.45) is 4.99 Å². The summed E-state index contributed by atoms with van der Waals surface area (Å²) in [7, 11) is 3.42. The number of guanidine groups is 1. The lowest BCUT2D eigenvalue weighted by molar-refractivity contribution is -0.122. The second kappa shape index (κ2) is 13.0. The van der Waals surface area contributed by atoms with Crippen LogP contribution in [-0.4, -0.2) is 69.8 Å². The van der Waals surface area contributed by atoms with Crippen LogP contribution < -0.4 is 25.4 Å². The van der Waals surface area contributed by atoms with Gasteiger partial charge in [-0.2, -0.15) is 0 Å². The number of carbonyl (C=O) groups is 1. The van der Waals surface area contributed by atoms with Crippen molar-refractivity contribution in [3.05, 3.63) is 23.8 Å². The van der Waals surface area contributed by atoms with E-state index in [-0.39, 0.29) is 5.91 Å². The molecule has 0 bridgehead atoms. The van der Waals surface area contributed by atoms with E-state index in [0.717, 1.165) is 61.9 Å². The minimum Gasteiger partial charge on any atom is -0.493 e. The zero-order valence-electron chi connectivity index (χ0n) is 18.8. The van der Waals surface area contributed by atoms with Gasteiger partial charge in [-0.05, 0) is 43.9 Å². The van der Waals surface area contributed by atoms with Crippen molar-refractivity contribution in [2.45, 2.75) is 45.7 Å². The first kappa shape index (κ1) is 23.8. The number of nitrogens with one attached hydrogen (secondary N) is 3. The molecule has 30 heavy (non-hydrogen) atoms. The molecule has 1 saturated heterocycles. The Morgan fingerprint density at radius 2 is 1.97 bits per heavy atom. The lowest BCUT2D eigenvalue weighted by Gasteiger charge is -2.32. The van der Waals surface area contributed by atoms with Gasteiger partial charge in [0.25, 0.3) is 0 Å². The van der Waals surface area contributed by atoms with Crippen LogP contribution in [0.2, 0.25) is 0 Å². The van der Waals surface area contributed by atoms with Gasteiger partial charge in [0.2, 0.25) is 5.91 Å². The van der Waals surface area contributed by atoms with Crippen molar-refractivity contribution in [2.75, 3.05) is 46.9 Å². The highest BCUT2D eigenvalue weighted by molar-refractivity contribution is 5.80. The Bertz CT molecular complexity index is 687. The molecule has 0 atom stereocenters. The average molecular weight is 420 g/mol. The van der Waals surface area contributed by atoms with Gasteiger partial charge < -0.3 is 25.4 Å². The van der Waals surface area contributed by atoms with E-state index in [9.17, 15) is 4.79 Å². The van der Waals surface area contributed by atoms with E-state index in [2.05, 4.69) is 32.8 Å². The Morgan fingerprint density at radius 1 is 1.20 bits per heavy atom. The summed E-state index contributed by atoms with van der Waals surface area (Å²) in [5, 5.41) is 9.81. The van der Waals surface area contributed by atoms with Crippen molar-refractivity contribution in [3.8, 4) is 11.5 Å². The zero-order valence-corrected chi connectivity index (χ0v) is 18.8. The summed E-state index contributed by atoms with van der Waals surface area (Å²) in [5.41, 5.74) is 1.09. The molecule has 0 radical (unpaired) electrons. The first-order valence-corrected chi connectivity index (χ1v) is 10.9. The smallest absolute Gasteiger partial charge is 0.234 e. The third-order valence-corrected chi connectivity index (χ3v) is 5.08. The first-order chi connectivity index (χ1) is 14.6. The Morgan fingerprint density at radius 3 is 2.60 bits per heavy atom. The molecule has 0 aliphatic carbocycles. The van der Waals surface area contributed by atoms with Crippen LogP contribution in [0.15, 0.2) is 23.2 Å². The minimum atomic E-state index is 0.117. The number of amides is 1.